The SMILES string of the molecule is Cc1oc2ncnc(NCC3(CCO)CCOC3)c2c1C. The van der Waals surface area contributed by atoms with Gasteiger partial charge in [-0.25, -0.2) is 9.97 Å². The zero-order valence-corrected chi connectivity index (χ0v) is 12.5. The van der Waals surface area contributed by atoms with Gasteiger partial charge in [-0.1, -0.05) is 0 Å². The van der Waals surface area contributed by atoms with Gasteiger partial charge in [0.2, 0.25) is 5.71 Å². The number of aliphatic hydroxyl groups excluding tert-OH is 1. The third kappa shape index (κ3) is 2.61. The highest BCUT2D eigenvalue weighted by molar-refractivity contribution is 5.89. The van der Waals surface area contributed by atoms with Crippen LogP contribution in [0.4, 0.5) is 5.82 Å². The molecule has 0 aromatic carbocycles. The number of hydrogen-bond acceptors (Lipinski definition) is 6. The van der Waals surface area contributed by atoms with Gasteiger partial charge in [-0.2, -0.15) is 0 Å². The number of furan rings is 1. The topological polar surface area (TPSA) is 80.4 Å². The van der Waals surface area contributed by atoms with Gasteiger partial charge in [0, 0.05) is 30.7 Å². The number of anilines is 1. The van der Waals surface area contributed by atoms with Crippen LogP contribution in [0, 0.1) is 19.3 Å². The summed E-state index contributed by atoms with van der Waals surface area (Å²) in [6.07, 6.45) is 3.20. The fourth-order valence-electron chi connectivity index (χ4n) is 2.90. The summed E-state index contributed by atoms with van der Waals surface area (Å²) < 4.78 is 11.1. The van der Waals surface area contributed by atoms with Crippen molar-refractivity contribution in [2.75, 3.05) is 31.7 Å². The number of nitrogens with one attached hydrogen (secondary N) is 1. The minimum atomic E-state index is -0.0152. The average molecular weight is 291 g/mol. The Labute approximate surface area is 123 Å². The molecule has 21 heavy (non-hydrogen) atoms. The molecule has 1 atom stereocenters. The van der Waals surface area contributed by atoms with Crippen molar-refractivity contribution in [2.45, 2.75) is 26.7 Å². The molecule has 6 heteroatoms. The van der Waals surface area contributed by atoms with E-state index < -0.39 is 0 Å². The molecule has 0 saturated carbocycles. The summed E-state index contributed by atoms with van der Waals surface area (Å²) >= 11 is 0. The molecule has 114 valence electrons. The van der Waals surface area contributed by atoms with E-state index in [4.69, 9.17) is 9.15 Å². The number of aromatic nitrogens is 2. The Morgan fingerprint density at radius 3 is 2.95 bits per heavy atom. The molecule has 1 fully saturated rings. The molecular formula is C15H21N3O3. The maximum Gasteiger partial charge on any atom is 0.231 e. The maximum absolute atomic E-state index is 9.28. The van der Waals surface area contributed by atoms with Gasteiger partial charge < -0.3 is 19.6 Å². The van der Waals surface area contributed by atoms with Gasteiger partial charge in [-0.15, -0.1) is 0 Å². The van der Waals surface area contributed by atoms with Crippen LogP contribution in [0.25, 0.3) is 11.1 Å². The lowest BCUT2D eigenvalue weighted by molar-refractivity contribution is 0.133. The Balaban J connectivity index is 1.85. The van der Waals surface area contributed by atoms with Gasteiger partial charge in [0.25, 0.3) is 0 Å². The van der Waals surface area contributed by atoms with E-state index in [9.17, 15) is 5.11 Å². The number of aliphatic hydroxyl groups is 1. The molecule has 2 aromatic heterocycles. The van der Waals surface area contributed by atoms with Crippen LogP contribution in [-0.2, 0) is 4.74 Å². The Morgan fingerprint density at radius 1 is 1.38 bits per heavy atom. The predicted octanol–water partition coefficient (Wildman–Crippen LogP) is 2.04. The fourth-order valence-corrected chi connectivity index (χ4v) is 2.90. The van der Waals surface area contributed by atoms with E-state index >= 15 is 0 Å². The van der Waals surface area contributed by atoms with Gasteiger partial charge in [0.1, 0.15) is 17.9 Å². The van der Waals surface area contributed by atoms with E-state index in [1.165, 1.54) is 6.33 Å². The molecular weight excluding hydrogens is 270 g/mol. The lowest BCUT2D eigenvalue weighted by atomic mass is 9.84. The number of nitrogens with zero attached hydrogens (tertiary/aromatic N) is 2. The molecule has 2 N–H and O–H groups in total. The van der Waals surface area contributed by atoms with Crippen LogP contribution in [0.2, 0.25) is 0 Å². The number of hydrogen-bond donors (Lipinski definition) is 2. The first-order chi connectivity index (χ1) is 10.2. The Bertz CT molecular complexity index is 632. The summed E-state index contributed by atoms with van der Waals surface area (Å²) in [5.41, 5.74) is 1.66. The molecule has 6 nitrogen and oxygen atoms in total. The monoisotopic (exact) mass is 291 g/mol. The average Bonchev–Trinajstić information content (AvgIpc) is 3.04. The highest BCUT2D eigenvalue weighted by atomic mass is 16.5. The lowest BCUT2D eigenvalue weighted by Gasteiger charge is -2.27. The third-order valence-corrected chi connectivity index (χ3v) is 4.42. The Kier molecular flexibility index (Phi) is 3.82. The smallest absolute Gasteiger partial charge is 0.231 e. The van der Waals surface area contributed by atoms with Gasteiger partial charge in [-0.05, 0) is 26.7 Å². The van der Waals surface area contributed by atoms with Crippen molar-refractivity contribution in [1.82, 2.24) is 9.97 Å². The molecule has 1 aliphatic heterocycles. The van der Waals surface area contributed by atoms with Crippen molar-refractivity contribution < 1.29 is 14.3 Å². The quantitative estimate of drug-likeness (QED) is 0.877. The molecule has 1 aliphatic rings. The van der Waals surface area contributed by atoms with Gasteiger partial charge in [0.05, 0.1) is 12.0 Å². The summed E-state index contributed by atoms with van der Waals surface area (Å²) in [6.45, 7) is 6.27. The highest BCUT2D eigenvalue weighted by Crippen LogP contribution is 2.34. The molecule has 0 amide bonds. The second-order valence-electron chi connectivity index (χ2n) is 5.82. The van der Waals surface area contributed by atoms with Crippen molar-refractivity contribution >= 4 is 16.9 Å². The second kappa shape index (κ2) is 5.61. The number of aryl methyl sites for hydroxylation is 2. The van der Waals surface area contributed by atoms with Crippen molar-refractivity contribution in [2.24, 2.45) is 5.41 Å². The maximum atomic E-state index is 9.28. The Morgan fingerprint density at radius 2 is 2.24 bits per heavy atom. The zero-order valence-electron chi connectivity index (χ0n) is 12.5. The van der Waals surface area contributed by atoms with Crippen molar-refractivity contribution in [3.8, 4) is 0 Å². The Hall–Kier alpha value is -1.66. The minimum absolute atomic E-state index is 0.0152. The predicted molar refractivity (Wildman–Crippen MR) is 79.3 cm³/mol. The van der Waals surface area contributed by atoms with Crippen molar-refractivity contribution in [1.29, 1.82) is 0 Å². The normalized spacial score (nSPS) is 22.0. The second-order valence-corrected chi connectivity index (χ2v) is 5.82. The van der Waals surface area contributed by atoms with Crippen LogP contribution in [0.3, 0.4) is 0 Å². The lowest BCUT2D eigenvalue weighted by Crippen LogP contribution is -2.31. The summed E-state index contributed by atoms with van der Waals surface area (Å²) in [5, 5.41) is 13.6. The van der Waals surface area contributed by atoms with E-state index in [0.29, 0.717) is 12.3 Å². The first-order valence-corrected chi connectivity index (χ1v) is 7.28. The molecule has 0 bridgehead atoms. The third-order valence-electron chi connectivity index (χ3n) is 4.42. The molecule has 2 aromatic rings. The van der Waals surface area contributed by atoms with Crippen molar-refractivity contribution in [3.05, 3.63) is 17.7 Å². The number of ether oxygens (including phenoxy) is 1. The van der Waals surface area contributed by atoms with E-state index in [0.717, 1.165) is 48.5 Å². The standard InChI is InChI=1S/C15H21N3O3/c1-10-11(2)21-14-12(10)13(17-9-18-14)16-7-15(3-5-19)4-6-20-8-15/h9,19H,3-8H2,1-2H3,(H,16,17,18). The highest BCUT2D eigenvalue weighted by Gasteiger charge is 2.34. The molecule has 3 heterocycles. The van der Waals surface area contributed by atoms with Gasteiger partial charge in [0.15, 0.2) is 0 Å². The van der Waals surface area contributed by atoms with Crippen LogP contribution >= 0.6 is 0 Å². The van der Waals surface area contributed by atoms with Crippen LogP contribution in [0.1, 0.15) is 24.2 Å². The van der Waals surface area contributed by atoms with Gasteiger partial charge in [-0.3, -0.25) is 0 Å². The zero-order chi connectivity index (χ0) is 14.9. The van der Waals surface area contributed by atoms with Crippen molar-refractivity contribution in [3.63, 3.8) is 0 Å². The van der Waals surface area contributed by atoms with E-state index in [-0.39, 0.29) is 12.0 Å². The first kappa shape index (κ1) is 14.3. The van der Waals surface area contributed by atoms with Crippen LogP contribution in [0.5, 0.6) is 0 Å². The molecule has 0 radical (unpaired) electrons. The van der Waals surface area contributed by atoms with E-state index in [1.54, 1.807) is 0 Å². The summed E-state index contributed by atoms with van der Waals surface area (Å²) in [6, 6.07) is 0. The minimum Gasteiger partial charge on any atom is -0.443 e. The van der Waals surface area contributed by atoms with Crippen LogP contribution in [-0.4, -0.2) is 41.4 Å². The molecule has 1 unspecified atom stereocenters. The fraction of sp³-hybridized carbons (Fsp3) is 0.600. The molecule has 0 spiro atoms. The first-order valence-electron chi connectivity index (χ1n) is 7.28. The van der Waals surface area contributed by atoms with E-state index in [1.807, 2.05) is 13.8 Å². The summed E-state index contributed by atoms with van der Waals surface area (Å²) in [5.74, 6) is 1.65. The van der Waals surface area contributed by atoms with Crippen LogP contribution in [0.15, 0.2) is 10.7 Å². The van der Waals surface area contributed by atoms with Crippen LogP contribution < -0.4 is 5.32 Å². The molecule has 1 saturated heterocycles. The number of rotatable bonds is 5. The molecule has 0 aliphatic carbocycles. The largest absolute Gasteiger partial charge is 0.443 e. The van der Waals surface area contributed by atoms with Gasteiger partial charge >= 0.3 is 0 Å². The number of fused-ring (bicyclic) bond motifs is 1. The summed E-state index contributed by atoms with van der Waals surface area (Å²) in [4.78, 5) is 8.52. The van der Waals surface area contributed by atoms with E-state index in [2.05, 4.69) is 15.3 Å². The molecule has 3 rings (SSSR count). The summed E-state index contributed by atoms with van der Waals surface area (Å²) in [7, 11) is 0.